The maximum atomic E-state index is 9.71. The van der Waals surface area contributed by atoms with Crippen LogP contribution < -0.4 is 5.32 Å². The van der Waals surface area contributed by atoms with Crippen molar-refractivity contribution in [2.45, 2.75) is 38.3 Å². The molecule has 0 aliphatic carbocycles. The first kappa shape index (κ1) is 17.0. The summed E-state index contributed by atoms with van der Waals surface area (Å²) in [5, 5.41) is 13.3. The molecule has 3 atom stereocenters. The van der Waals surface area contributed by atoms with Crippen molar-refractivity contribution < 1.29 is 9.84 Å². The number of aliphatic hydroxyl groups excluding tert-OH is 1. The monoisotopic (exact) mass is 325 g/mol. The molecule has 24 heavy (non-hydrogen) atoms. The largest absolute Gasteiger partial charge is 0.396 e. The summed E-state index contributed by atoms with van der Waals surface area (Å²) < 4.78 is 5.98. The minimum Gasteiger partial charge on any atom is -0.396 e. The third-order valence-corrected chi connectivity index (χ3v) is 4.77. The first-order chi connectivity index (χ1) is 11.5. The number of ether oxygens (including phenoxy) is 1. The minimum absolute atomic E-state index is 0.0364. The van der Waals surface area contributed by atoms with Crippen molar-refractivity contribution in [3.63, 3.8) is 0 Å². The fraction of sp³-hybridized carbons (Fsp3) is 0.429. The van der Waals surface area contributed by atoms with Crippen molar-refractivity contribution >= 4 is 5.69 Å². The Morgan fingerprint density at radius 3 is 2.29 bits per heavy atom. The Kier molecular flexibility index (Phi) is 4.93. The van der Waals surface area contributed by atoms with Crippen LogP contribution in [-0.4, -0.2) is 24.4 Å². The van der Waals surface area contributed by atoms with Gasteiger partial charge in [0, 0.05) is 11.6 Å². The maximum absolute atomic E-state index is 9.71. The molecule has 2 aromatic rings. The fourth-order valence-corrected chi connectivity index (χ4v) is 3.25. The second-order valence-corrected chi connectivity index (χ2v) is 7.60. The molecule has 0 amide bonds. The minimum atomic E-state index is -0.0364. The molecule has 128 valence electrons. The summed E-state index contributed by atoms with van der Waals surface area (Å²) in [5.41, 5.74) is 3.68. The predicted molar refractivity (Wildman–Crippen MR) is 98.3 cm³/mol. The molecule has 1 fully saturated rings. The average molecular weight is 325 g/mol. The molecule has 1 saturated heterocycles. The predicted octanol–water partition coefficient (Wildman–Crippen LogP) is 4.14. The molecule has 3 nitrogen and oxygen atoms in total. The lowest BCUT2D eigenvalue weighted by atomic mass is 9.87. The Balaban J connectivity index is 1.80. The van der Waals surface area contributed by atoms with Crippen LogP contribution in [-0.2, 0) is 10.2 Å². The molecule has 1 aliphatic rings. The van der Waals surface area contributed by atoms with E-state index in [1.54, 1.807) is 0 Å². The zero-order chi connectivity index (χ0) is 17.2. The molecular weight excluding hydrogens is 298 g/mol. The van der Waals surface area contributed by atoms with Gasteiger partial charge in [-0.15, -0.1) is 0 Å². The van der Waals surface area contributed by atoms with Crippen LogP contribution in [0.4, 0.5) is 5.69 Å². The lowest BCUT2D eigenvalue weighted by Gasteiger charge is -2.25. The molecular formula is C21H27NO2. The summed E-state index contributed by atoms with van der Waals surface area (Å²) >= 11 is 0. The number of rotatable bonds is 4. The van der Waals surface area contributed by atoms with Crippen LogP contribution in [0.2, 0.25) is 0 Å². The van der Waals surface area contributed by atoms with E-state index in [4.69, 9.17) is 4.74 Å². The van der Waals surface area contributed by atoms with Gasteiger partial charge in [0.05, 0.1) is 19.3 Å². The lowest BCUT2D eigenvalue weighted by molar-refractivity contribution is 0.0995. The molecule has 3 rings (SSSR count). The smallest absolute Gasteiger partial charge is 0.103 e. The zero-order valence-corrected chi connectivity index (χ0v) is 14.7. The van der Waals surface area contributed by atoms with Crippen molar-refractivity contribution in [2.24, 2.45) is 5.92 Å². The van der Waals surface area contributed by atoms with E-state index < -0.39 is 0 Å². The van der Waals surface area contributed by atoms with E-state index in [0.29, 0.717) is 6.61 Å². The first-order valence-corrected chi connectivity index (χ1v) is 8.63. The van der Waals surface area contributed by atoms with Gasteiger partial charge in [-0.25, -0.2) is 0 Å². The van der Waals surface area contributed by atoms with Crippen LogP contribution in [0.5, 0.6) is 0 Å². The van der Waals surface area contributed by atoms with E-state index in [0.717, 1.165) is 11.3 Å². The summed E-state index contributed by atoms with van der Waals surface area (Å²) in [7, 11) is 0. The summed E-state index contributed by atoms with van der Waals surface area (Å²) in [6.45, 7) is 7.35. The maximum Gasteiger partial charge on any atom is 0.103 e. The van der Waals surface area contributed by atoms with Gasteiger partial charge >= 0.3 is 0 Å². The van der Waals surface area contributed by atoms with Gasteiger partial charge < -0.3 is 15.2 Å². The number of benzene rings is 2. The van der Waals surface area contributed by atoms with E-state index in [-0.39, 0.29) is 30.1 Å². The Morgan fingerprint density at radius 2 is 1.71 bits per heavy atom. The highest BCUT2D eigenvalue weighted by atomic mass is 16.5. The molecule has 1 heterocycles. The van der Waals surface area contributed by atoms with Gasteiger partial charge in [-0.1, -0.05) is 63.2 Å². The van der Waals surface area contributed by atoms with Gasteiger partial charge in [0.25, 0.3) is 0 Å². The molecule has 1 aliphatic heterocycles. The van der Waals surface area contributed by atoms with Crippen LogP contribution in [0.3, 0.4) is 0 Å². The molecule has 0 bridgehead atoms. The Bertz CT molecular complexity index is 646. The van der Waals surface area contributed by atoms with Gasteiger partial charge in [-0.3, -0.25) is 0 Å². The SMILES string of the molecule is CC(C)(C)c1ccc(N[C@@H]2[C@H](CO)CO[C@H]2c2ccccc2)cc1. The summed E-state index contributed by atoms with van der Waals surface area (Å²) in [6.07, 6.45) is -0.0364. The number of aliphatic hydroxyl groups is 1. The van der Waals surface area contributed by atoms with Gasteiger partial charge in [0.15, 0.2) is 0 Å². The molecule has 2 aromatic carbocycles. The zero-order valence-electron chi connectivity index (χ0n) is 14.7. The highest BCUT2D eigenvalue weighted by molar-refractivity contribution is 5.47. The van der Waals surface area contributed by atoms with Crippen LogP contribution in [0.1, 0.15) is 38.0 Å². The molecule has 3 heteroatoms. The Labute approximate surface area is 144 Å². The topological polar surface area (TPSA) is 41.5 Å². The fourth-order valence-electron chi connectivity index (χ4n) is 3.25. The van der Waals surface area contributed by atoms with Crippen molar-refractivity contribution in [2.75, 3.05) is 18.5 Å². The van der Waals surface area contributed by atoms with E-state index >= 15 is 0 Å². The first-order valence-electron chi connectivity index (χ1n) is 8.63. The second kappa shape index (κ2) is 6.96. The highest BCUT2D eigenvalue weighted by Gasteiger charge is 2.37. The van der Waals surface area contributed by atoms with Crippen LogP contribution in [0.15, 0.2) is 54.6 Å². The van der Waals surface area contributed by atoms with Gasteiger partial charge in [-0.05, 0) is 28.7 Å². The third kappa shape index (κ3) is 3.63. The van der Waals surface area contributed by atoms with Crippen LogP contribution in [0, 0.1) is 5.92 Å². The summed E-state index contributed by atoms with van der Waals surface area (Å²) in [5.74, 6) is 0.0949. The van der Waals surface area contributed by atoms with E-state index in [1.807, 2.05) is 18.2 Å². The quantitative estimate of drug-likeness (QED) is 0.887. The number of nitrogens with one attached hydrogen (secondary N) is 1. The summed E-state index contributed by atoms with van der Waals surface area (Å²) in [6, 6.07) is 18.9. The van der Waals surface area contributed by atoms with Crippen molar-refractivity contribution in [3.05, 3.63) is 65.7 Å². The second-order valence-electron chi connectivity index (χ2n) is 7.60. The van der Waals surface area contributed by atoms with Gasteiger partial charge in [0.2, 0.25) is 0 Å². The molecule has 0 radical (unpaired) electrons. The molecule has 0 unspecified atom stereocenters. The standard InChI is InChI=1S/C21H27NO2/c1-21(2,3)17-9-11-18(12-10-17)22-19-16(13-23)14-24-20(19)15-7-5-4-6-8-15/h4-12,16,19-20,22-23H,13-14H2,1-3H3/t16-,19-,20+/m1/s1. The lowest BCUT2D eigenvalue weighted by Crippen LogP contribution is -2.32. The molecule has 2 N–H and O–H groups in total. The highest BCUT2D eigenvalue weighted by Crippen LogP contribution is 2.35. The Hall–Kier alpha value is -1.84. The average Bonchev–Trinajstić information content (AvgIpc) is 2.98. The normalized spacial score (nSPS) is 24.1. The molecule has 0 spiro atoms. The number of hydrogen-bond donors (Lipinski definition) is 2. The van der Waals surface area contributed by atoms with Crippen LogP contribution >= 0.6 is 0 Å². The number of anilines is 1. The van der Waals surface area contributed by atoms with Gasteiger partial charge in [0.1, 0.15) is 6.10 Å². The van der Waals surface area contributed by atoms with Crippen molar-refractivity contribution in [1.29, 1.82) is 0 Å². The third-order valence-electron chi connectivity index (χ3n) is 4.77. The summed E-state index contributed by atoms with van der Waals surface area (Å²) in [4.78, 5) is 0. The van der Waals surface area contributed by atoms with Crippen LogP contribution in [0.25, 0.3) is 0 Å². The van der Waals surface area contributed by atoms with Crippen molar-refractivity contribution in [1.82, 2.24) is 0 Å². The number of hydrogen-bond acceptors (Lipinski definition) is 3. The van der Waals surface area contributed by atoms with E-state index in [2.05, 4.69) is 62.5 Å². The molecule has 0 aromatic heterocycles. The van der Waals surface area contributed by atoms with E-state index in [9.17, 15) is 5.11 Å². The van der Waals surface area contributed by atoms with Gasteiger partial charge in [-0.2, -0.15) is 0 Å². The molecule has 0 saturated carbocycles. The van der Waals surface area contributed by atoms with Crippen molar-refractivity contribution in [3.8, 4) is 0 Å². The Morgan fingerprint density at radius 1 is 1.04 bits per heavy atom. The van der Waals surface area contributed by atoms with E-state index in [1.165, 1.54) is 5.56 Å².